The van der Waals surface area contributed by atoms with Gasteiger partial charge in [-0.2, -0.15) is 35.1 Å². The molecular weight excluding hydrogens is 516 g/mol. The first-order chi connectivity index (χ1) is 16.3. The van der Waals surface area contributed by atoms with E-state index in [1.165, 1.54) is 10.6 Å². The SMILES string of the molecule is COc1ccc(N2CCCn3c2nc2c(Cl)ccc(C(OC(F)F)C(F)(F)F)c23)c(C(F)(F)F)n1. The number of aromatic nitrogens is 3. The van der Waals surface area contributed by atoms with Crippen molar-refractivity contribution >= 4 is 34.3 Å². The van der Waals surface area contributed by atoms with Gasteiger partial charge in [0, 0.05) is 24.7 Å². The van der Waals surface area contributed by atoms with E-state index in [4.69, 9.17) is 16.3 Å². The van der Waals surface area contributed by atoms with E-state index in [2.05, 4.69) is 14.7 Å². The Balaban J connectivity index is 1.95. The third-order valence-electron chi connectivity index (χ3n) is 5.30. The molecule has 15 heteroatoms. The highest BCUT2D eigenvalue weighted by Crippen LogP contribution is 2.45. The molecule has 2 aromatic heterocycles. The quantitative estimate of drug-likeness (QED) is 0.353. The highest BCUT2D eigenvalue weighted by atomic mass is 35.5. The minimum absolute atomic E-state index is 0.0175. The molecule has 0 radical (unpaired) electrons. The number of hydrogen-bond acceptors (Lipinski definition) is 5. The van der Waals surface area contributed by atoms with Crippen molar-refractivity contribution in [1.29, 1.82) is 0 Å². The minimum Gasteiger partial charge on any atom is -0.481 e. The first-order valence-corrected chi connectivity index (χ1v) is 10.3. The van der Waals surface area contributed by atoms with E-state index < -0.39 is 42.0 Å². The summed E-state index contributed by atoms with van der Waals surface area (Å²) >= 11 is 6.14. The summed E-state index contributed by atoms with van der Waals surface area (Å²) in [5.41, 5.74) is -2.87. The molecule has 1 aliphatic heterocycles. The van der Waals surface area contributed by atoms with Crippen LogP contribution in [0.1, 0.15) is 23.8 Å². The summed E-state index contributed by atoms with van der Waals surface area (Å²) in [6.45, 7) is -3.68. The number of rotatable bonds is 5. The van der Waals surface area contributed by atoms with Gasteiger partial charge in [0.05, 0.1) is 23.3 Å². The largest absolute Gasteiger partial charge is 0.481 e. The molecule has 1 unspecified atom stereocenters. The van der Waals surface area contributed by atoms with Crippen LogP contribution in [0.3, 0.4) is 0 Å². The number of anilines is 2. The number of hydrogen-bond donors (Lipinski definition) is 0. The molecule has 1 aliphatic rings. The van der Waals surface area contributed by atoms with Gasteiger partial charge in [-0.3, -0.25) is 0 Å². The van der Waals surface area contributed by atoms with E-state index in [1.54, 1.807) is 0 Å². The summed E-state index contributed by atoms with van der Waals surface area (Å²) in [7, 11) is 1.14. The summed E-state index contributed by atoms with van der Waals surface area (Å²) in [5, 5.41) is -0.118. The van der Waals surface area contributed by atoms with E-state index in [0.717, 1.165) is 30.2 Å². The van der Waals surface area contributed by atoms with Gasteiger partial charge in [-0.15, -0.1) is 0 Å². The molecule has 0 saturated heterocycles. The molecule has 0 saturated carbocycles. The predicted octanol–water partition coefficient (Wildman–Crippen LogP) is 6.50. The topological polar surface area (TPSA) is 52.4 Å². The molecule has 1 aromatic carbocycles. The maximum absolute atomic E-state index is 13.8. The Labute approximate surface area is 197 Å². The van der Waals surface area contributed by atoms with Gasteiger partial charge >= 0.3 is 19.0 Å². The zero-order valence-corrected chi connectivity index (χ0v) is 18.3. The molecule has 1 atom stereocenters. The Morgan fingerprint density at radius 1 is 1.00 bits per heavy atom. The maximum atomic E-state index is 13.8. The average Bonchev–Trinajstić information content (AvgIpc) is 3.17. The highest BCUT2D eigenvalue weighted by molar-refractivity contribution is 6.35. The van der Waals surface area contributed by atoms with Crippen molar-refractivity contribution in [2.45, 2.75) is 38.0 Å². The zero-order chi connectivity index (χ0) is 25.7. The molecule has 190 valence electrons. The summed E-state index contributed by atoms with van der Waals surface area (Å²) in [6.07, 6.45) is -12.9. The molecular formula is C20H15ClF8N4O2. The number of imidazole rings is 1. The number of alkyl halides is 8. The lowest BCUT2D eigenvalue weighted by atomic mass is 10.1. The number of methoxy groups -OCH3 is 1. The number of benzene rings is 1. The van der Waals surface area contributed by atoms with Crippen LogP contribution in [-0.2, 0) is 17.5 Å². The molecule has 3 aromatic rings. The molecule has 3 heterocycles. The summed E-state index contributed by atoms with van der Waals surface area (Å²) in [6, 6.07) is 4.22. The molecule has 35 heavy (non-hydrogen) atoms. The van der Waals surface area contributed by atoms with Crippen LogP contribution in [0.5, 0.6) is 5.88 Å². The third kappa shape index (κ3) is 4.68. The molecule has 6 nitrogen and oxygen atoms in total. The van der Waals surface area contributed by atoms with Gasteiger partial charge in [-0.25, -0.2) is 9.97 Å². The fraction of sp³-hybridized carbons (Fsp3) is 0.400. The Morgan fingerprint density at radius 2 is 1.71 bits per heavy atom. The average molecular weight is 531 g/mol. The van der Waals surface area contributed by atoms with Gasteiger partial charge in [0.2, 0.25) is 11.8 Å². The fourth-order valence-electron chi connectivity index (χ4n) is 3.97. The molecule has 0 aliphatic carbocycles. The lowest BCUT2D eigenvalue weighted by Gasteiger charge is -2.31. The van der Waals surface area contributed by atoms with Crippen LogP contribution < -0.4 is 9.64 Å². The second-order valence-corrected chi connectivity index (χ2v) is 7.85. The van der Waals surface area contributed by atoms with Crippen molar-refractivity contribution in [1.82, 2.24) is 14.5 Å². The lowest BCUT2D eigenvalue weighted by molar-refractivity contribution is -0.276. The Hall–Kier alpha value is -2.87. The van der Waals surface area contributed by atoms with Crippen molar-refractivity contribution in [2.24, 2.45) is 0 Å². The van der Waals surface area contributed by atoms with Crippen LogP contribution >= 0.6 is 11.6 Å². The first kappa shape index (κ1) is 25.2. The van der Waals surface area contributed by atoms with Crippen molar-refractivity contribution < 1.29 is 44.6 Å². The van der Waals surface area contributed by atoms with Crippen LogP contribution in [0.4, 0.5) is 46.8 Å². The van der Waals surface area contributed by atoms with Crippen LogP contribution in [0, 0.1) is 0 Å². The van der Waals surface area contributed by atoms with E-state index in [9.17, 15) is 35.1 Å². The van der Waals surface area contributed by atoms with E-state index in [1.807, 2.05) is 0 Å². The minimum atomic E-state index is -5.22. The first-order valence-electron chi connectivity index (χ1n) is 9.91. The van der Waals surface area contributed by atoms with Gasteiger partial charge < -0.3 is 18.9 Å². The number of fused-ring (bicyclic) bond motifs is 3. The number of pyridine rings is 1. The van der Waals surface area contributed by atoms with Crippen LogP contribution in [-0.4, -0.2) is 41.0 Å². The van der Waals surface area contributed by atoms with Gasteiger partial charge in [0.15, 0.2) is 11.8 Å². The molecule has 0 N–H and O–H groups in total. The predicted molar refractivity (Wildman–Crippen MR) is 108 cm³/mol. The smallest absolute Gasteiger partial charge is 0.435 e. The number of ether oxygens (including phenoxy) is 2. The molecule has 4 rings (SSSR count). The van der Waals surface area contributed by atoms with Crippen LogP contribution in [0.15, 0.2) is 24.3 Å². The number of halogens is 9. The van der Waals surface area contributed by atoms with Gasteiger partial charge in [0.25, 0.3) is 0 Å². The van der Waals surface area contributed by atoms with Crippen LogP contribution in [0.25, 0.3) is 11.0 Å². The van der Waals surface area contributed by atoms with Crippen molar-refractivity contribution in [3.05, 3.63) is 40.5 Å². The van der Waals surface area contributed by atoms with Crippen molar-refractivity contribution in [3.8, 4) is 5.88 Å². The fourth-order valence-corrected chi connectivity index (χ4v) is 4.16. The summed E-state index contributed by atoms with van der Waals surface area (Å²) < 4.78 is 118. The second kappa shape index (κ2) is 8.97. The van der Waals surface area contributed by atoms with E-state index in [0.29, 0.717) is 0 Å². The third-order valence-corrected chi connectivity index (χ3v) is 5.60. The number of aryl methyl sites for hydroxylation is 1. The van der Waals surface area contributed by atoms with Gasteiger partial charge in [-0.1, -0.05) is 17.7 Å². The lowest BCUT2D eigenvalue weighted by Crippen LogP contribution is -2.31. The highest BCUT2D eigenvalue weighted by Gasteiger charge is 2.46. The molecule has 0 fully saturated rings. The summed E-state index contributed by atoms with van der Waals surface area (Å²) in [5.74, 6) is -0.454. The Kier molecular flexibility index (Phi) is 6.47. The Morgan fingerprint density at radius 3 is 2.31 bits per heavy atom. The molecule has 0 amide bonds. The summed E-state index contributed by atoms with van der Waals surface area (Å²) in [4.78, 5) is 8.82. The maximum Gasteiger partial charge on any atom is 0.435 e. The van der Waals surface area contributed by atoms with Crippen molar-refractivity contribution in [2.75, 3.05) is 18.6 Å². The molecule has 0 bridgehead atoms. The second-order valence-electron chi connectivity index (χ2n) is 7.44. The number of nitrogens with zero attached hydrogens (tertiary/aromatic N) is 4. The molecule has 0 spiro atoms. The monoisotopic (exact) mass is 530 g/mol. The Bertz CT molecular complexity index is 1240. The van der Waals surface area contributed by atoms with E-state index in [-0.39, 0.29) is 47.4 Å². The van der Waals surface area contributed by atoms with Crippen molar-refractivity contribution in [3.63, 3.8) is 0 Å². The van der Waals surface area contributed by atoms with Gasteiger partial charge in [-0.05, 0) is 18.6 Å². The van der Waals surface area contributed by atoms with E-state index >= 15 is 0 Å². The van der Waals surface area contributed by atoms with Crippen LogP contribution in [0.2, 0.25) is 5.02 Å². The normalized spacial score (nSPS) is 15.6. The van der Waals surface area contributed by atoms with Gasteiger partial charge in [0.1, 0.15) is 5.52 Å². The standard InChI is InChI=1S/C20H15ClF8N4O2/c1-34-12-6-5-11(15(30-12)19(24,25)26)32-7-2-8-33-14-9(16(20(27,28)29)35-17(22)23)3-4-10(21)13(14)31-18(32)33/h3-6,16-17H,2,7-8H2,1H3. The zero-order valence-electron chi connectivity index (χ0n) is 17.6.